The third-order valence-electron chi connectivity index (χ3n) is 7.44. The number of methoxy groups -OCH3 is 1. The van der Waals surface area contributed by atoms with Crippen LogP contribution in [0.4, 0.5) is 0 Å². The van der Waals surface area contributed by atoms with Crippen LogP contribution in [0, 0.1) is 17.8 Å². The second-order valence-corrected chi connectivity index (χ2v) is 8.62. The van der Waals surface area contributed by atoms with Crippen molar-refractivity contribution in [3.05, 3.63) is 29.3 Å². The number of nitrogens with zero attached hydrogens (tertiary/aromatic N) is 2. The normalized spacial score (nSPS) is 31.1. The van der Waals surface area contributed by atoms with Gasteiger partial charge in [-0.15, -0.1) is 0 Å². The van der Waals surface area contributed by atoms with Crippen LogP contribution in [0.3, 0.4) is 0 Å². The third kappa shape index (κ3) is 2.58. The number of fused-ring (bicyclic) bond motifs is 1. The molecule has 152 valence electrons. The minimum atomic E-state index is -0.331. The number of benzene rings is 1. The number of amides is 2. The molecule has 2 amide bonds. The predicted molar refractivity (Wildman–Crippen MR) is 108 cm³/mol. The lowest BCUT2D eigenvalue weighted by molar-refractivity contribution is -0.137. The van der Waals surface area contributed by atoms with Crippen molar-refractivity contribution in [2.75, 3.05) is 26.7 Å². The Balaban J connectivity index is 1.83. The molecule has 0 aromatic heterocycles. The Bertz CT molecular complexity index is 788. The molecule has 2 fully saturated rings. The number of hydrogen-bond donors (Lipinski definition) is 0. The van der Waals surface area contributed by atoms with Gasteiger partial charge in [-0.2, -0.15) is 0 Å². The number of hydrogen-bond acceptors (Lipinski definition) is 3. The van der Waals surface area contributed by atoms with Gasteiger partial charge in [-0.25, -0.2) is 0 Å². The molecule has 28 heavy (non-hydrogen) atoms. The molecule has 1 aliphatic carbocycles. The summed E-state index contributed by atoms with van der Waals surface area (Å²) in [5, 5.41) is 0. The largest absolute Gasteiger partial charge is 0.497 e. The van der Waals surface area contributed by atoms with Crippen LogP contribution in [0.2, 0.25) is 0 Å². The molecule has 1 aromatic rings. The zero-order chi connectivity index (χ0) is 20.1. The van der Waals surface area contributed by atoms with E-state index in [0.717, 1.165) is 44.6 Å². The van der Waals surface area contributed by atoms with Gasteiger partial charge in [0.05, 0.1) is 12.6 Å². The molecule has 5 heteroatoms. The number of ether oxygens (including phenoxy) is 1. The number of carbonyl (C=O) groups excluding carboxylic acids is 2. The van der Waals surface area contributed by atoms with Crippen molar-refractivity contribution < 1.29 is 14.3 Å². The Kier molecular flexibility index (Phi) is 4.88. The van der Waals surface area contributed by atoms with E-state index in [1.165, 1.54) is 11.1 Å². The minimum absolute atomic E-state index is 0.0633. The molecule has 2 heterocycles. The first-order valence-corrected chi connectivity index (χ1v) is 10.7. The highest BCUT2D eigenvalue weighted by atomic mass is 16.5. The molecule has 1 spiro atoms. The number of carbonyl (C=O) groups is 2. The van der Waals surface area contributed by atoms with E-state index in [1.807, 2.05) is 24.8 Å². The van der Waals surface area contributed by atoms with Crippen LogP contribution in [0.25, 0.3) is 0 Å². The van der Waals surface area contributed by atoms with Crippen LogP contribution in [0.15, 0.2) is 18.2 Å². The summed E-state index contributed by atoms with van der Waals surface area (Å²) in [5.41, 5.74) is 2.20. The van der Waals surface area contributed by atoms with Gasteiger partial charge >= 0.3 is 0 Å². The predicted octanol–water partition coefficient (Wildman–Crippen LogP) is 3.21. The summed E-state index contributed by atoms with van der Waals surface area (Å²) >= 11 is 0. The van der Waals surface area contributed by atoms with E-state index in [-0.39, 0.29) is 35.1 Å². The molecule has 0 N–H and O–H groups in total. The van der Waals surface area contributed by atoms with E-state index in [9.17, 15) is 9.59 Å². The van der Waals surface area contributed by atoms with E-state index in [0.29, 0.717) is 6.42 Å². The molecule has 0 radical (unpaired) electrons. The van der Waals surface area contributed by atoms with E-state index < -0.39 is 0 Å². The first kappa shape index (κ1) is 19.3. The third-order valence-corrected chi connectivity index (χ3v) is 7.44. The average molecular weight is 385 g/mol. The molecule has 3 aliphatic rings. The van der Waals surface area contributed by atoms with Gasteiger partial charge in [0.2, 0.25) is 11.8 Å². The lowest BCUT2D eigenvalue weighted by Gasteiger charge is -2.39. The molecule has 4 rings (SSSR count). The maximum Gasteiger partial charge on any atom is 0.226 e. The maximum absolute atomic E-state index is 13.4. The highest BCUT2D eigenvalue weighted by Gasteiger charge is 2.64. The first-order chi connectivity index (χ1) is 13.5. The molecule has 2 aliphatic heterocycles. The Morgan fingerprint density at radius 2 is 2.07 bits per heavy atom. The first-order valence-electron chi connectivity index (χ1n) is 10.7. The van der Waals surface area contributed by atoms with Gasteiger partial charge in [-0.1, -0.05) is 13.0 Å². The quantitative estimate of drug-likeness (QED) is 0.801. The van der Waals surface area contributed by atoms with Crippen molar-refractivity contribution in [3.8, 4) is 5.75 Å². The van der Waals surface area contributed by atoms with Gasteiger partial charge in [-0.05, 0) is 62.3 Å². The minimum Gasteiger partial charge on any atom is -0.497 e. The maximum atomic E-state index is 13.4. The van der Waals surface area contributed by atoms with E-state index in [2.05, 4.69) is 24.0 Å². The standard InChI is InChI=1S/C23H32N2O3/c1-5-24(6-2)22(27)21-15(3)14-23-18-10-9-17(28-4)12-16(18)8-7-11-25(23)20(26)13-19(21)23/h9-10,12,15,19,21H,5-8,11,13-14H2,1-4H3/t15-,19?,21+,23?/m0/s1. The topological polar surface area (TPSA) is 49.9 Å². The monoisotopic (exact) mass is 384 g/mol. The van der Waals surface area contributed by atoms with Crippen molar-refractivity contribution >= 4 is 11.8 Å². The lowest BCUT2D eigenvalue weighted by atomic mass is 9.76. The van der Waals surface area contributed by atoms with Gasteiger partial charge in [0, 0.05) is 37.9 Å². The summed E-state index contributed by atoms with van der Waals surface area (Å²) in [6.45, 7) is 8.51. The number of rotatable bonds is 4. The van der Waals surface area contributed by atoms with Crippen molar-refractivity contribution in [3.63, 3.8) is 0 Å². The van der Waals surface area contributed by atoms with Crippen LogP contribution in [-0.4, -0.2) is 48.4 Å². The summed E-state index contributed by atoms with van der Waals surface area (Å²) in [6.07, 6.45) is 3.28. The molecular formula is C23H32N2O3. The molecule has 4 atom stereocenters. The molecule has 5 nitrogen and oxygen atoms in total. The molecular weight excluding hydrogens is 352 g/mol. The Labute approximate surface area is 168 Å². The van der Waals surface area contributed by atoms with Crippen LogP contribution >= 0.6 is 0 Å². The van der Waals surface area contributed by atoms with Gasteiger partial charge in [0.15, 0.2) is 0 Å². The summed E-state index contributed by atoms with van der Waals surface area (Å²) in [7, 11) is 1.70. The molecule has 1 aromatic carbocycles. The molecule has 1 saturated heterocycles. The Morgan fingerprint density at radius 3 is 2.75 bits per heavy atom. The molecule has 1 saturated carbocycles. The van der Waals surface area contributed by atoms with Crippen LogP contribution in [0.5, 0.6) is 5.75 Å². The number of aryl methyl sites for hydroxylation is 1. The van der Waals surface area contributed by atoms with Gasteiger partial charge in [0.25, 0.3) is 0 Å². The highest BCUT2D eigenvalue weighted by molar-refractivity contribution is 5.86. The fourth-order valence-electron chi connectivity index (χ4n) is 6.28. The van der Waals surface area contributed by atoms with E-state index in [1.54, 1.807) is 7.11 Å². The van der Waals surface area contributed by atoms with E-state index >= 15 is 0 Å². The van der Waals surface area contributed by atoms with Gasteiger partial charge in [-0.3, -0.25) is 9.59 Å². The van der Waals surface area contributed by atoms with Crippen LogP contribution in [0.1, 0.15) is 51.2 Å². The second-order valence-electron chi connectivity index (χ2n) is 8.62. The summed E-state index contributed by atoms with van der Waals surface area (Å²) in [6, 6.07) is 6.31. The fourth-order valence-corrected chi connectivity index (χ4v) is 6.28. The lowest BCUT2D eigenvalue weighted by Crippen LogP contribution is -2.46. The SMILES string of the molecule is CCN(CC)C(=O)[C@H]1C2CC(=O)N3CCCc4cc(OC)ccc4C23C[C@@H]1C. The highest BCUT2D eigenvalue weighted by Crippen LogP contribution is 2.60. The van der Waals surface area contributed by atoms with Gasteiger partial charge < -0.3 is 14.5 Å². The van der Waals surface area contributed by atoms with Crippen molar-refractivity contribution in [1.29, 1.82) is 0 Å². The van der Waals surface area contributed by atoms with E-state index in [4.69, 9.17) is 4.74 Å². The summed E-state index contributed by atoms with van der Waals surface area (Å²) < 4.78 is 5.46. The van der Waals surface area contributed by atoms with Gasteiger partial charge in [0.1, 0.15) is 5.75 Å². The molecule has 2 unspecified atom stereocenters. The average Bonchev–Trinajstić information content (AvgIpc) is 3.04. The van der Waals surface area contributed by atoms with Crippen molar-refractivity contribution in [2.24, 2.45) is 17.8 Å². The molecule has 0 bridgehead atoms. The van der Waals surface area contributed by atoms with Crippen LogP contribution in [-0.2, 0) is 21.5 Å². The second kappa shape index (κ2) is 7.09. The summed E-state index contributed by atoms with van der Waals surface area (Å²) in [4.78, 5) is 30.5. The zero-order valence-corrected chi connectivity index (χ0v) is 17.5. The fraction of sp³-hybridized carbons (Fsp3) is 0.652. The zero-order valence-electron chi connectivity index (χ0n) is 17.5. The van der Waals surface area contributed by atoms with Crippen LogP contribution < -0.4 is 4.74 Å². The smallest absolute Gasteiger partial charge is 0.226 e. The Hall–Kier alpha value is -2.04. The Morgan fingerprint density at radius 1 is 1.32 bits per heavy atom. The summed E-state index contributed by atoms with van der Waals surface area (Å²) in [5.74, 6) is 1.56. The van der Waals surface area contributed by atoms with Crippen molar-refractivity contribution in [1.82, 2.24) is 9.80 Å². The van der Waals surface area contributed by atoms with Crippen molar-refractivity contribution in [2.45, 2.75) is 52.0 Å².